The molecule has 1 saturated carbocycles. The van der Waals surface area contributed by atoms with Gasteiger partial charge in [0, 0.05) is 28.5 Å². The van der Waals surface area contributed by atoms with E-state index in [4.69, 9.17) is 0 Å². The van der Waals surface area contributed by atoms with Crippen molar-refractivity contribution < 1.29 is 0 Å². The van der Waals surface area contributed by atoms with E-state index in [1.54, 1.807) is 11.2 Å². The van der Waals surface area contributed by atoms with Gasteiger partial charge < -0.3 is 0 Å². The first-order valence-corrected chi connectivity index (χ1v) is 8.60. The second kappa shape index (κ2) is 6.67. The first-order valence-electron chi connectivity index (χ1n) is 7.79. The molecule has 0 bridgehead atoms. The molecule has 1 aliphatic rings. The molecule has 0 spiro atoms. The molecule has 0 radical (unpaired) electrons. The molecular weight excluding hydrogens is 278 g/mol. The first-order chi connectivity index (χ1) is 10.2. The van der Waals surface area contributed by atoms with Gasteiger partial charge in [-0.3, -0.25) is 4.90 Å². The van der Waals surface area contributed by atoms with Crippen molar-refractivity contribution in [1.82, 2.24) is 14.9 Å². The maximum atomic E-state index is 4.36. The van der Waals surface area contributed by atoms with E-state index in [0.29, 0.717) is 6.04 Å². The largest absolute Gasteiger partial charge is 0.293 e. The second-order valence-corrected chi connectivity index (χ2v) is 7.21. The Hall–Kier alpha value is -1.26. The zero-order chi connectivity index (χ0) is 14.7. The van der Waals surface area contributed by atoms with Crippen LogP contribution in [0.15, 0.2) is 30.7 Å². The van der Waals surface area contributed by atoms with Gasteiger partial charge in [-0.2, -0.15) is 0 Å². The SMILES string of the molecule is CC(c1ccncn1)N(C)Cc1ccc(C2CCCC2)s1. The molecule has 1 aliphatic carbocycles. The van der Waals surface area contributed by atoms with Crippen LogP contribution in [0.4, 0.5) is 0 Å². The van der Waals surface area contributed by atoms with E-state index in [9.17, 15) is 0 Å². The number of nitrogens with zero attached hydrogens (tertiary/aromatic N) is 3. The number of aromatic nitrogens is 2. The van der Waals surface area contributed by atoms with Crippen molar-refractivity contribution in [3.8, 4) is 0 Å². The standard InChI is InChI=1S/C17H23N3S/c1-13(16-9-10-18-12-19-16)20(2)11-15-7-8-17(21-15)14-5-3-4-6-14/h7-10,12-14H,3-6,11H2,1-2H3. The number of rotatable bonds is 5. The van der Waals surface area contributed by atoms with Crippen LogP contribution in [0.3, 0.4) is 0 Å². The minimum atomic E-state index is 0.310. The van der Waals surface area contributed by atoms with Crippen molar-refractivity contribution >= 4 is 11.3 Å². The number of hydrogen-bond acceptors (Lipinski definition) is 4. The third-order valence-corrected chi connectivity index (χ3v) is 5.77. The lowest BCUT2D eigenvalue weighted by atomic mass is 10.1. The Bertz CT molecular complexity index is 560. The molecule has 0 N–H and O–H groups in total. The summed E-state index contributed by atoms with van der Waals surface area (Å²) in [4.78, 5) is 13.8. The summed E-state index contributed by atoms with van der Waals surface area (Å²) in [6, 6.07) is 6.96. The first kappa shape index (κ1) is 14.7. The van der Waals surface area contributed by atoms with E-state index in [2.05, 4.69) is 41.0 Å². The van der Waals surface area contributed by atoms with Crippen LogP contribution in [0.1, 0.15) is 60.0 Å². The molecule has 3 rings (SSSR count). The van der Waals surface area contributed by atoms with Gasteiger partial charge in [-0.15, -0.1) is 11.3 Å². The highest BCUT2D eigenvalue weighted by Crippen LogP contribution is 2.38. The monoisotopic (exact) mass is 301 g/mol. The quantitative estimate of drug-likeness (QED) is 0.820. The van der Waals surface area contributed by atoms with Crippen LogP contribution in [0.5, 0.6) is 0 Å². The Morgan fingerprint density at radius 3 is 2.81 bits per heavy atom. The molecule has 2 aromatic rings. The van der Waals surface area contributed by atoms with Crippen LogP contribution in [0.25, 0.3) is 0 Å². The van der Waals surface area contributed by atoms with Crippen LogP contribution in [-0.2, 0) is 6.54 Å². The molecule has 2 heterocycles. The van der Waals surface area contributed by atoms with Gasteiger partial charge in [0.25, 0.3) is 0 Å². The van der Waals surface area contributed by atoms with E-state index < -0.39 is 0 Å². The lowest BCUT2D eigenvalue weighted by Crippen LogP contribution is -2.22. The maximum absolute atomic E-state index is 4.36. The molecule has 112 valence electrons. The molecule has 0 aliphatic heterocycles. The second-order valence-electron chi connectivity index (χ2n) is 6.01. The van der Waals surface area contributed by atoms with Crippen molar-refractivity contribution in [3.05, 3.63) is 46.2 Å². The molecule has 1 unspecified atom stereocenters. The van der Waals surface area contributed by atoms with Crippen LogP contribution >= 0.6 is 11.3 Å². The Morgan fingerprint density at radius 1 is 1.29 bits per heavy atom. The van der Waals surface area contributed by atoms with Crippen LogP contribution < -0.4 is 0 Å². The van der Waals surface area contributed by atoms with Gasteiger partial charge in [-0.05, 0) is 50.9 Å². The lowest BCUT2D eigenvalue weighted by molar-refractivity contribution is 0.250. The van der Waals surface area contributed by atoms with Crippen molar-refractivity contribution in [3.63, 3.8) is 0 Å². The molecule has 0 amide bonds. The van der Waals surface area contributed by atoms with Crippen LogP contribution in [0, 0.1) is 0 Å². The van der Waals surface area contributed by atoms with Gasteiger partial charge >= 0.3 is 0 Å². The molecule has 4 heteroatoms. The summed E-state index contributed by atoms with van der Waals surface area (Å²) in [5.41, 5.74) is 1.08. The number of hydrogen-bond donors (Lipinski definition) is 0. The Kier molecular flexibility index (Phi) is 4.66. The molecule has 1 atom stereocenters. The Balaban J connectivity index is 1.63. The fourth-order valence-electron chi connectivity index (χ4n) is 3.07. The highest BCUT2D eigenvalue weighted by molar-refractivity contribution is 7.12. The van der Waals surface area contributed by atoms with Crippen molar-refractivity contribution in [1.29, 1.82) is 0 Å². The van der Waals surface area contributed by atoms with Gasteiger partial charge in [0.2, 0.25) is 0 Å². The average molecular weight is 301 g/mol. The van der Waals surface area contributed by atoms with Gasteiger partial charge in [0.1, 0.15) is 6.33 Å². The molecular formula is C17H23N3S. The summed E-state index contributed by atoms with van der Waals surface area (Å²) in [5, 5.41) is 0. The maximum Gasteiger partial charge on any atom is 0.115 e. The fourth-order valence-corrected chi connectivity index (χ4v) is 4.31. The third-order valence-electron chi connectivity index (χ3n) is 4.54. The summed E-state index contributed by atoms with van der Waals surface area (Å²) < 4.78 is 0. The Labute approximate surface area is 131 Å². The summed E-state index contributed by atoms with van der Waals surface area (Å²) in [6.45, 7) is 3.19. The molecule has 1 fully saturated rings. The van der Waals surface area contributed by atoms with Crippen molar-refractivity contribution in [2.75, 3.05) is 7.05 Å². The molecule has 0 saturated heterocycles. The van der Waals surface area contributed by atoms with Crippen molar-refractivity contribution in [2.24, 2.45) is 0 Å². The van der Waals surface area contributed by atoms with E-state index in [1.807, 2.05) is 23.6 Å². The van der Waals surface area contributed by atoms with E-state index in [-0.39, 0.29) is 0 Å². The molecule has 3 nitrogen and oxygen atoms in total. The van der Waals surface area contributed by atoms with Crippen LogP contribution in [-0.4, -0.2) is 21.9 Å². The molecule has 2 aromatic heterocycles. The van der Waals surface area contributed by atoms with Gasteiger partial charge in [0.15, 0.2) is 0 Å². The van der Waals surface area contributed by atoms with Gasteiger partial charge in [0.05, 0.1) is 5.69 Å². The zero-order valence-corrected chi connectivity index (χ0v) is 13.6. The van der Waals surface area contributed by atoms with E-state index >= 15 is 0 Å². The van der Waals surface area contributed by atoms with Crippen molar-refractivity contribution in [2.45, 2.75) is 51.1 Å². The predicted molar refractivity (Wildman–Crippen MR) is 87.4 cm³/mol. The number of thiophene rings is 1. The zero-order valence-electron chi connectivity index (χ0n) is 12.8. The van der Waals surface area contributed by atoms with Crippen LogP contribution in [0.2, 0.25) is 0 Å². The Morgan fingerprint density at radius 2 is 2.10 bits per heavy atom. The smallest absolute Gasteiger partial charge is 0.115 e. The van der Waals surface area contributed by atoms with Gasteiger partial charge in [-0.1, -0.05) is 12.8 Å². The highest BCUT2D eigenvalue weighted by Gasteiger charge is 2.19. The summed E-state index contributed by atoms with van der Waals surface area (Å²) in [5.74, 6) is 0.827. The summed E-state index contributed by atoms with van der Waals surface area (Å²) in [7, 11) is 2.17. The minimum absolute atomic E-state index is 0.310. The normalized spacial score (nSPS) is 17.5. The molecule has 0 aromatic carbocycles. The van der Waals surface area contributed by atoms with E-state index in [1.165, 1.54) is 30.6 Å². The molecule has 21 heavy (non-hydrogen) atoms. The predicted octanol–water partition coefficient (Wildman–Crippen LogP) is 4.39. The third kappa shape index (κ3) is 3.50. The topological polar surface area (TPSA) is 29.0 Å². The average Bonchev–Trinajstić information content (AvgIpc) is 3.18. The minimum Gasteiger partial charge on any atom is -0.293 e. The van der Waals surface area contributed by atoms with E-state index in [0.717, 1.165) is 18.2 Å². The summed E-state index contributed by atoms with van der Waals surface area (Å²) >= 11 is 2.00. The highest BCUT2D eigenvalue weighted by atomic mass is 32.1. The fraction of sp³-hybridized carbons (Fsp3) is 0.529. The van der Waals surface area contributed by atoms with Gasteiger partial charge in [-0.25, -0.2) is 9.97 Å². The lowest BCUT2D eigenvalue weighted by Gasteiger charge is -2.23. The summed E-state index contributed by atoms with van der Waals surface area (Å²) in [6.07, 6.45) is 9.02.